The van der Waals surface area contributed by atoms with Crippen LogP contribution < -0.4 is 4.90 Å². The molecule has 7 heteroatoms. The van der Waals surface area contributed by atoms with Gasteiger partial charge in [-0.2, -0.15) is 0 Å². The zero-order valence-electron chi connectivity index (χ0n) is 18.0. The Labute approximate surface area is 183 Å². The number of likely N-dealkylation sites (tertiary alicyclic amines) is 1. The highest BCUT2D eigenvalue weighted by atomic mass is 16.5. The molecule has 4 rings (SSSR count). The summed E-state index contributed by atoms with van der Waals surface area (Å²) in [5.74, 6) is -0.276. The first-order chi connectivity index (χ1) is 15.2. The Kier molecular flexibility index (Phi) is 6.82. The van der Waals surface area contributed by atoms with Crippen molar-refractivity contribution in [1.29, 1.82) is 0 Å². The van der Waals surface area contributed by atoms with Crippen molar-refractivity contribution in [2.75, 3.05) is 44.2 Å². The number of aromatic nitrogens is 1. The topological polar surface area (TPSA) is 66.0 Å². The third-order valence-electron chi connectivity index (χ3n) is 6.24. The number of amides is 1. The number of carbonyl (C=O) groups excluding carboxylic acids is 2. The zero-order valence-corrected chi connectivity index (χ0v) is 18.0. The van der Waals surface area contributed by atoms with Crippen LogP contribution in [0, 0.1) is 5.92 Å². The minimum atomic E-state index is -0.164. The molecule has 3 heterocycles. The summed E-state index contributed by atoms with van der Waals surface area (Å²) in [5, 5.41) is 0. The van der Waals surface area contributed by atoms with Gasteiger partial charge in [-0.05, 0) is 44.0 Å². The molecule has 31 heavy (non-hydrogen) atoms. The number of esters is 1. The third-order valence-corrected chi connectivity index (χ3v) is 6.24. The first kappa shape index (κ1) is 21.3. The maximum atomic E-state index is 13.3. The van der Waals surface area contributed by atoms with Crippen LogP contribution in [0.4, 0.5) is 5.69 Å². The van der Waals surface area contributed by atoms with Crippen molar-refractivity contribution >= 4 is 17.6 Å². The lowest BCUT2D eigenvalue weighted by molar-refractivity contribution is -0.151. The van der Waals surface area contributed by atoms with Crippen LogP contribution in [-0.4, -0.2) is 72.2 Å². The van der Waals surface area contributed by atoms with Crippen molar-refractivity contribution in [2.45, 2.75) is 25.9 Å². The van der Waals surface area contributed by atoms with E-state index in [0.29, 0.717) is 31.6 Å². The number of carbonyl (C=O) groups is 2. The van der Waals surface area contributed by atoms with Crippen LogP contribution in [0.2, 0.25) is 0 Å². The summed E-state index contributed by atoms with van der Waals surface area (Å²) in [4.78, 5) is 36.5. The molecule has 1 aromatic carbocycles. The number of pyridine rings is 1. The van der Waals surface area contributed by atoms with Crippen molar-refractivity contribution < 1.29 is 14.3 Å². The number of hydrogen-bond acceptors (Lipinski definition) is 6. The number of nitrogens with zero attached hydrogens (tertiary/aromatic N) is 4. The smallest absolute Gasteiger partial charge is 0.309 e. The van der Waals surface area contributed by atoms with E-state index in [1.807, 2.05) is 66.7 Å². The largest absolute Gasteiger partial charge is 0.466 e. The number of anilines is 1. The van der Waals surface area contributed by atoms with E-state index in [1.165, 1.54) is 5.69 Å². The van der Waals surface area contributed by atoms with E-state index in [4.69, 9.17) is 4.74 Å². The van der Waals surface area contributed by atoms with E-state index in [-0.39, 0.29) is 24.0 Å². The molecule has 164 valence electrons. The summed E-state index contributed by atoms with van der Waals surface area (Å²) in [6.45, 7) is 6.20. The molecular weight excluding hydrogens is 392 g/mol. The summed E-state index contributed by atoms with van der Waals surface area (Å²) in [6, 6.07) is 13.5. The number of piperidine rings is 1. The number of piperazine rings is 1. The van der Waals surface area contributed by atoms with Crippen LogP contribution in [0.3, 0.4) is 0 Å². The zero-order chi connectivity index (χ0) is 21.6. The second-order valence-corrected chi connectivity index (χ2v) is 8.05. The summed E-state index contributed by atoms with van der Waals surface area (Å²) in [5.41, 5.74) is 1.86. The molecule has 0 aliphatic carbocycles. The minimum Gasteiger partial charge on any atom is -0.466 e. The Balaban J connectivity index is 1.49. The van der Waals surface area contributed by atoms with E-state index in [9.17, 15) is 9.59 Å². The predicted octanol–water partition coefficient (Wildman–Crippen LogP) is 2.65. The molecule has 2 fully saturated rings. The molecule has 2 atom stereocenters. The van der Waals surface area contributed by atoms with Gasteiger partial charge in [-0.1, -0.05) is 18.2 Å². The van der Waals surface area contributed by atoms with E-state index in [0.717, 1.165) is 26.2 Å². The highest BCUT2D eigenvalue weighted by Gasteiger charge is 2.39. The number of rotatable bonds is 5. The molecule has 0 radical (unpaired) electrons. The van der Waals surface area contributed by atoms with E-state index in [2.05, 4.69) is 14.8 Å². The molecule has 0 spiro atoms. The molecule has 2 aliphatic heterocycles. The quantitative estimate of drug-likeness (QED) is 0.691. The normalized spacial score (nSPS) is 22.2. The van der Waals surface area contributed by atoms with Gasteiger partial charge in [0.15, 0.2) is 0 Å². The number of hydrogen-bond donors (Lipinski definition) is 0. The fraction of sp³-hybridized carbons (Fsp3) is 0.458. The molecule has 2 unspecified atom stereocenters. The molecule has 2 aliphatic rings. The Hall–Kier alpha value is -2.93. The second kappa shape index (κ2) is 9.92. The van der Waals surface area contributed by atoms with Crippen LogP contribution >= 0.6 is 0 Å². The minimum absolute atomic E-state index is 0.0319. The summed E-state index contributed by atoms with van der Waals surface area (Å²) >= 11 is 0. The van der Waals surface area contributed by atoms with Gasteiger partial charge in [0.2, 0.25) is 0 Å². The fourth-order valence-electron chi connectivity index (χ4n) is 4.58. The van der Waals surface area contributed by atoms with Gasteiger partial charge in [0, 0.05) is 56.4 Å². The average Bonchev–Trinajstić information content (AvgIpc) is 2.84. The monoisotopic (exact) mass is 422 g/mol. The van der Waals surface area contributed by atoms with Crippen molar-refractivity contribution in [3.63, 3.8) is 0 Å². The Morgan fingerprint density at radius 2 is 1.71 bits per heavy atom. The molecule has 2 saturated heterocycles. The highest BCUT2D eigenvalue weighted by Crippen LogP contribution is 2.29. The van der Waals surface area contributed by atoms with Gasteiger partial charge in [-0.15, -0.1) is 0 Å². The van der Waals surface area contributed by atoms with E-state index in [1.54, 1.807) is 0 Å². The molecule has 2 aromatic rings. The van der Waals surface area contributed by atoms with Gasteiger partial charge in [-0.25, -0.2) is 0 Å². The van der Waals surface area contributed by atoms with Crippen LogP contribution in [0.1, 0.15) is 30.1 Å². The SMILES string of the molecule is CCOC(=O)C1CCN(C(=O)c2ccccc2)C(N2CCN(c3ccncc3)CC2)C1. The molecule has 0 N–H and O–H groups in total. The fourth-order valence-corrected chi connectivity index (χ4v) is 4.58. The first-order valence-electron chi connectivity index (χ1n) is 11.1. The first-order valence-corrected chi connectivity index (χ1v) is 11.1. The molecular formula is C24H30N4O3. The van der Waals surface area contributed by atoms with E-state index >= 15 is 0 Å². The lowest BCUT2D eigenvalue weighted by Gasteiger charge is -2.47. The number of benzene rings is 1. The van der Waals surface area contributed by atoms with Crippen LogP contribution in [0.5, 0.6) is 0 Å². The highest BCUT2D eigenvalue weighted by molar-refractivity contribution is 5.94. The molecule has 0 bridgehead atoms. The Morgan fingerprint density at radius 1 is 1.00 bits per heavy atom. The van der Waals surface area contributed by atoms with E-state index < -0.39 is 0 Å². The summed E-state index contributed by atoms with van der Waals surface area (Å²) in [7, 11) is 0. The summed E-state index contributed by atoms with van der Waals surface area (Å²) in [6.07, 6.45) is 4.79. The van der Waals surface area contributed by atoms with Crippen LogP contribution in [0.25, 0.3) is 0 Å². The maximum Gasteiger partial charge on any atom is 0.309 e. The standard InChI is InChI=1S/C24H30N4O3/c1-2-31-24(30)20-10-13-28(23(29)19-6-4-3-5-7-19)22(18-20)27-16-14-26(15-17-27)21-8-11-25-12-9-21/h3-9,11-12,20,22H,2,10,13-18H2,1H3. The third kappa shape index (κ3) is 4.88. The van der Waals surface area contributed by atoms with Crippen molar-refractivity contribution in [3.8, 4) is 0 Å². The summed E-state index contributed by atoms with van der Waals surface area (Å²) < 4.78 is 5.30. The molecule has 7 nitrogen and oxygen atoms in total. The van der Waals surface area contributed by atoms with Gasteiger partial charge in [0.1, 0.15) is 0 Å². The Bertz CT molecular complexity index is 869. The maximum absolute atomic E-state index is 13.3. The molecule has 1 aromatic heterocycles. The Morgan fingerprint density at radius 3 is 2.39 bits per heavy atom. The van der Waals surface area contributed by atoms with Gasteiger partial charge < -0.3 is 14.5 Å². The number of ether oxygens (including phenoxy) is 1. The van der Waals surface area contributed by atoms with Crippen molar-refractivity contribution in [1.82, 2.24) is 14.8 Å². The lowest BCUT2D eigenvalue weighted by Crippen LogP contribution is -2.60. The van der Waals surface area contributed by atoms with Gasteiger partial charge in [0.05, 0.1) is 18.7 Å². The average molecular weight is 423 g/mol. The second-order valence-electron chi connectivity index (χ2n) is 8.05. The molecule has 1 amide bonds. The van der Waals surface area contributed by atoms with Gasteiger partial charge >= 0.3 is 5.97 Å². The van der Waals surface area contributed by atoms with Crippen molar-refractivity contribution in [3.05, 3.63) is 60.4 Å². The van der Waals surface area contributed by atoms with Gasteiger partial charge in [0.25, 0.3) is 5.91 Å². The van der Waals surface area contributed by atoms with Crippen molar-refractivity contribution in [2.24, 2.45) is 5.92 Å². The molecule has 0 saturated carbocycles. The van der Waals surface area contributed by atoms with Gasteiger partial charge in [-0.3, -0.25) is 19.5 Å². The predicted molar refractivity (Wildman–Crippen MR) is 119 cm³/mol. The van der Waals surface area contributed by atoms with Crippen LogP contribution in [0.15, 0.2) is 54.9 Å². The lowest BCUT2D eigenvalue weighted by atomic mass is 9.92. The van der Waals surface area contributed by atoms with Crippen LogP contribution in [-0.2, 0) is 9.53 Å².